The van der Waals surface area contributed by atoms with Crippen LogP contribution in [-0.2, 0) is 11.3 Å². The molecule has 0 radical (unpaired) electrons. The fourth-order valence-electron chi connectivity index (χ4n) is 3.83. The van der Waals surface area contributed by atoms with Crippen molar-refractivity contribution in [2.45, 2.75) is 32.9 Å². The molecule has 0 aromatic heterocycles. The van der Waals surface area contributed by atoms with Crippen molar-refractivity contribution in [3.63, 3.8) is 0 Å². The predicted molar refractivity (Wildman–Crippen MR) is 116 cm³/mol. The first kappa shape index (κ1) is 21.8. The Kier molecular flexibility index (Phi) is 7.46. The summed E-state index contributed by atoms with van der Waals surface area (Å²) in [6, 6.07) is 15.5. The van der Waals surface area contributed by atoms with Gasteiger partial charge >= 0.3 is 0 Å². The van der Waals surface area contributed by atoms with Gasteiger partial charge in [0.2, 0.25) is 0 Å². The van der Waals surface area contributed by atoms with Crippen LogP contribution < -0.4 is 14.8 Å². The molecule has 0 bridgehead atoms. The number of nitrogens with zero attached hydrogens (tertiary/aromatic N) is 1. The lowest BCUT2D eigenvalue weighted by Gasteiger charge is -2.37. The number of carbonyl (C=O) groups is 2. The Morgan fingerprint density at radius 3 is 2.57 bits per heavy atom. The second-order valence-electron chi connectivity index (χ2n) is 7.87. The molecule has 2 aromatic rings. The van der Waals surface area contributed by atoms with Crippen LogP contribution >= 0.6 is 0 Å². The van der Waals surface area contributed by atoms with Crippen molar-refractivity contribution < 1.29 is 19.1 Å². The van der Waals surface area contributed by atoms with Gasteiger partial charge in [-0.05, 0) is 43.0 Å². The van der Waals surface area contributed by atoms with Gasteiger partial charge in [0.15, 0.2) is 23.9 Å². The number of hydrogen-bond donors (Lipinski definition) is 1. The number of ether oxygens (including phenoxy) is 2. The lowest BCUT2D eigenvalue weighted by atomic mass is 9.93. The molecule has 1 fully saturated rings. The molecule has 1 saturated heterocycles. The molecule has 1 amide bonds. The van der Waals surface area contributed by atoms with Gasteiger partial charge < -0.3 is 14.8 Å². The zero-order chi connectivity index (χ0) is 21.5. The zero-order valence-corrected chi connectivity index (χ0v) is 17.9. The van der Waals surface area contributed by atoms with E-state index in [2.05, 4.69) is 41.4 Å². The summed E-state index contributed by atoms with van der Waals surface area (Å²) >= 11 is 0. The molecule has 0 aliphatic carbocycles. The molecule has 6 nitrogen and oxygen atoms in total. The maximum absolute atomic E-state index is 12.4. The Balaban J connectivity index is 1.48. The van der Waals surface area contributed by atoms with E-state index in [0.29, 0.717) is 23.0 Å². The summed E-state index contributed by atoms with van der Waals surface area (Å²) < 4.78 is 10.9. The van der Waals surface area contributed by atoms with Crippen molar-refractivity contribution in [1.82, 2.24) is 10.2 Å². The second-order valence-corrected chi connectivity index (χ2v) is 7.87. The Morgan fingerprint density at radius 1 is 1.13 bits per heavy atom. The summed E-state index contributed by atoms with van der Waals surface area (Å²) in [5, 5.41) is 3.10. The summed E-state index contributed by atoms with van der Waals surface area (Å²) in [6.07, 6.45) is 0.913. The SMILES string of the molecule is COc1cc(C(C)=O)ccc1OCC(=O)N[C@H]1CCN(Cc2ccccc2)C[C@H]1C. The zero-order valence-electron chi connectivity index (χ0n) is 17.9. The molecule has 1 heterocycles. The molecule has 1 aliphatic rings. The lowest BCUT2D eigenvalue weighted by molar-refractivity contribution is -0.124. The van der Waals surface area contributed by atoms with Crippen LogP contribution in [0.1, 0.15) is 36.2 Å². The maximum Gasteiger partial charge on any atom is 0.258 e. The molecule has 2 aromatic carbocycles. The number of carbonyl (C=O) groups excluding carboxylic acids is 2. The van der Waals surface area contributed by atoms with Crippen LogP contribution in [0.15, 0.2) is 48.5 Å². The van der Waals surface area contributed by atoms with E-state index >= 15 is 0 Å². The van der Waals surface area contributed by atoms with Crippen molar-refractivity contribution >= 4 is 11.7 Å². The predicted octanol–water partition coefficient (Wildman–Crippen LogP) is 3.30. The fraction of sp³-hybridized carbons (Fsp3) is 0.417. The van der Waals surface area contributed by atoms with Crippen LogP contribution in [0, 0.1) is 5.92 Å². The molecule has 3 rings (SSSR count). The average Bonchev–Trinajstić information content (AvgIpc) is 2.74. The molecule has 0 spiro atoms. The molecule has 6 heteroatoms. The number of methoxy groups -OCH3 is 1. The van der Waals surface area contributed by atoms with Gasteiger partial charge in [0, 0.05) is 31.2 Å². The molecule has 1 N–H and O–H groups in total. The van der Waals surface area contributed by atoms with E-state index in [1.54, 1.807) is 18.2 Å². The van der Waals surface area contributed by atoms with Gasteiger partial charge in [-0.15, -0.1) is 0 Å². The van der Waals surface area contributed by atoms with Gasteiger partial charge in [0.05, 0.1) is 7.11 Å². The Morgan fingerprint density at radius 2 is 1.90 bits per heavy atom. The highest BCUT2D eigenvalue weighted by atomic mass is 16.5. The van der Waals surface area contributed by atoms with E-state index < -0.39 is 0 Å². The number of likely N-dealkylation sites (tertiary alicyclic amines) is 1. The fourth-order valence-corrected chi connectivity index (χ4v) is 3.83. The van der Waals surface area contributed by atoms with Crippen molar-refractivity contribution in [3.8, 4) is 11.5 Å². The summed E-state index contributed by atoms with van der Waals surface area (Å²) in [5.41, 5.74) is 1.85. The number of benzene rings is 2. The molecule has 2 atom stereocenters. The van der Waals surface area contributed by atoms with Crippen LogP contribution in [0.25, 0.3) is 0 Å². The van der Waals surface area contributed by atoms with Gasteiger partial charge in [0.1, 0.15) is 0 Å². The van der Waals surface area contributed by atoms with Gasteiger partial charge in [0.25, 0.3) is 5.91 Å². The van der Waals surface area contributed by atoms with E-state index in [1.165, 1.54) is 19.6 Å². The third-order valence-electron chi connectivity index (χ3n) is 5.51. The number of nitrogens with one attached hydrogen (secondary N) is 1. The highest BCUT2D eigenvalue weighted by Crippen LogP contribution is 2.28. The van der Waals surface area contributed by atoms with Gasteiger partial charge in [-0.3, -0.25) is 14.5 Å². The average molecular weight is 411 g/mol. The van der Waals surface area contributed by atoms with E-state index in [-0.39, 0.29) is 24.3 Å². The third kappa shape index (κ3) is 5.83. The summed E-state index contributed by atoms with van der Waals surface area (Å²) in [6.45, 7) is 6.41. The monoisotopic (exact) mass is 410 g/mol. The number of rotatable bonds is 8. The smallest absolute Gasteiger partial charge is 0.258 e. The first-order chi connectivity index (χ1) is 14.5. The van der Waals surface area contributed by atoms with E-state index in [0.717, 1.165) is 26.1 Å². The highest BCUT2D eigenvalue weighted by molar-refractivity contribution is 5.94. The van der Waals surface area contributed by atoms with Crippen molar-refractivity contribution in [2.24, 2.45) is 5.92 Å². The molecule has 30 heavy (non-hydrogen) atoms. The minimum atomic E-state index is -0.152. The van der Waals surface area contributed by atoms with Gasteiger partial charge in [-0.2, -0.15) is 0 Å². The normalized spacial score (nSPS) is 19.2. The Bertz CT molecular complexity index is 869. The van der Waals surface area contributed by atoms with Crippen LogP contribution in [0.2, 0.25) is 0 Å². The minimum Gasteiger partial charge on any atom is -0.493 e. The van der Waals surface area contributed by atoms with Crippen LogP contribution in [0.4, 0.5) is 0 Å². The van der Waals surface area contributed by atoms with Crippen LogP contribution in [-0.4, -0.2) is 49.4 Å². The van der Waals surface area contributed by atoms with Crippen LogP contribution in [0.5, 0.6) is 11.5 Å². The number of amides is 1. The van der Waals surface area contributed by atoms with E-state index in [1.807, 2.05) is 6.07 Å². The minimum absolute atomic E-state index is 0.0508. The summed E-state index contributed by atoms with van der Waals surface area (Å²) in [5.74, 6) is 1.04. The number of piperidine rings is 1. The molecular formula is C24H30N2O4. The maximum atomic E-state index is 12.4. The Hall–Kier alpha value is -2.86. The largest absolute Gasteiger partial charge is 0.493 e. The first-order valence-electron chi connectivity index (χ1n) is 10.3. The topological polar surface area (TPSA) is 67.9 Å². The second kappa shape index (κ2) is 10.3. The van der Waals surface area contributed by atoms with Gasteiger partial charge in [-0.1, -0.05) is 37.3 Å². The molecule has 0 unspecified atom stereocenters. The quantitative estimate of drug-likeness (QED) is 0.677. The standard InChI is InChI=1S/C24H30N2O4/c1-17-14-26(15-19-7-5-4-6-8-19)12-11-21(17)25-24(28)16-30-22-10-9-20(18(2)27)13-23(22)29-3/h4-10,13,17,21H,11-12,14-16H2,1-3H3,(H,25,28)/t17-,21+/m1/s1. The van der Waals surface area contributed by atoms with Crippen molar-refractivity contribution in [2.75, 3.05) is 26.8 Å². The Labute approximate surface area is 178 Å². The van der Waals surface area contributed by atoms with Gasteiger partial charge in [-0.25, -0.2) is 0 Å². The van der Waals surface area contributed by atoms with Crippen molar-refractivity contribution in [1.29, 1.82) is 0 Å². The molecule has 160 valence electrons. The molecule has 1 aliphatic heterocycles. The van der Waals surface area contributed by atoms with Crippen LogP contribution in [0.3, 0.4) is 0 Å². The first-order valence-corrected chi connectivity index (χ1v) is 10.3. The number of ketones is 1. The third-order valence-corrected chi connectivity index (χ3v) is 5.51. The van der Waals surface area contributed by atoms with E-state index in [9.17, 15) is 9.59 Å². The highest BCUT2D eigenvalue weighted by Gasteiger charge is 2.27. The van der Waals surface area contributed by atoms with Crippen molar-refractivity contribution in [3.05, 3.63) is 59.7 Å². The molecule has 0 saturated carbocycles. The van der Waals surface area contributed by atoms with E-state index in [4.69, 9.17) is 9.47 Å². The number of Topliss-reactive ketones (excluding diaryl/α,β-unsaturated/α-hetero) is 1. The summed E-state index contributed by atoms with van der Waals surface area (Å²) in [7, 11) is 1.51. The summed E-state index contributed by atoms with van der Waals surface area (Å²) in [4.78, 5) is 26.4. The lowest BCUT2D eigenvalue weighted by Crippen LogP contribution is -2.50. The molecular weight excluding hydrogens is 380 g/mol. The number of hydrogen-bond acceptors (Lipinski definition) is 5.